The molecule has 3 nitrogen and oxygen atoms in total. The number of carbonyl (C=O) groups excluding carboxylic acids is 1. The molecule has 1 unspecified atom stereocenters. The number of hydrogen-bond acceptors (Lipinski definition) is 2. The Balaban J connectivity index is 1.75. The van der Waals surface area contributed by atoms with E-state index in [9.17, 15) is 9.00 Å². The van der Waals surface area contributed by atoms with Crippen LogP contribution in [0.1, 0.15) is 22.3 Å². The molecule has 0 fully saturated rings. The van der Waals surface area contributed by atoms with Crippen LogP contribution in [-0.2, 0) is 27.8 Å². The van der Waals surface area contributed by atoms with Gasteiger partial charge in [0.2, 0.25) is 5.91 Å². The van der Waals surface area contributed by atoms with Crippen LogP contribution >= 0.6 is 0 Å². The summed E-state index contributed by atoms with van der Waals surface area (Å²) in [5.74, 6) is 0.338. The number of aryl methyl sites for hydroxylation is 2. The van der Waals surface area contributed by atoms with Gasteiger partial charge in [0, 0.05) is 23.1 Å². The van der Waals surface area contributed by atoms with Crippen LogP contribution in [0.4, 0.5) is 0 Å². The maximum atomic E-state index is 12.1. The first-order valence-electron chi connectivity index (χ1n) is 7.77. The number of carbonyl (C=O) groups is 1. The normalized spacial score (nSPS) is 11.9. The third kappa shape index (κ3) is 5.64. The van der Waals surface area contributed by atoms with Gasteiger partial charge in [-0.25, -0.2) is 0 Å². The van der Waals surface area contributed by atoms with Crippen molar-refractivity contribution in [3.05, 3.63) is 70.8 Å². The van der Waals surface area contributed by atoms with Gasteiger partial charge in [0.1, 0.15) is 5.75 Å². The van der Waals surface area contributed by atoms with E-state index in [1.54, 1.807) is 0 Å². The Bertz CT molecular complexity index is 697. The van der Waals surface area contributed by atoms with E-state index in [1.807, 2.05) is 43.3 Å². The molecule has 0 aliphatic heterocycles. The molecule has 0 aromatic heterocycles. The molecule has 0 heterocycles. The Morgan fingerprint density at radius 1 is 0.957 bits per heavy atom. The zero-order valence-electron chi connectivity index (χ0n) is 13.7. The van der Waals surface area contributed by atoms with Crippen LogP contribution in [0.25, 0.3) is 0 Å². The van der Waals surface area contributed by atoms with E-state index in [4.69, 9.17) is 0 Å². The summed E-state index contributed by atoms with van der Waals surface area (Å²) in [5, 5.41) is 2.86. The van der Waals surface area contributed by atoms with Gasteiger partial charge in [0.05, 0.1) is 0 Å². The zero-order chi connectivity index (χ0) is 16.7. The third-order valence-corrected chi connectivity index (χ3v) is 5.06. The van der Waals surface area contributed by atoms with Gasteiger partial charge in [-0.1, -0.05) is 48.5 Å². The first-order valence-corrected chi connectivity index (χ1v) is 9.26. The van der Waals surface area contributed by atoms with Crippen molar-refractivity contribution in [2.75, 3.05) is 12.3 Å². The topological polar surface area (TPSA) is 46.2 Å². The van der Waals surface area contributed by atoms with Gasteiger partial charge in [-0.2, -0.15) is 0 Å². The minimum atomic E-state index is -1.18. The summed E-state index contributed by atoms with van der Waals surface area (Å²) in [5.41, 5.74) is 4.61. The Hall–Kier alpha value is -1.94. The lowest BCUT2D eigenvalue weighted by Crippen LogP contribution is -2.30. The summed E-state index contributed by atoms with van der Waals surface area (Å²) in [6.07, 6.45) is 0.794. The lowest BCUT2D eigenvalue weighted by molar-refractivity contribution is -0.118. The smallest absolute Gasteiger partial charge is 0.232 e. The van der Waals surface area contributed by atoms with Gasteiger partial charge in [-0.3, -0.25) is 9.00 Å². The first kappa shape index (κ1) is 17.4. The second kappa shape index (κ2) is 8.63. The molecule has 1 atom stereocenters. The predicted molar refractivity (Wildman–Crippen MR) is 95.8 cm³/mol. The molecule has 0 aliphatic carbocycles. The average Bonchev–Trinajstić information content (AvgIpc) is 2.51. The molecule has 0 bridgehead atoms. The van der Waals surface area contributed by atoms with Crippen molar-refractivity contribution < 1.29 is 9.00 Å². The fourth-order valence-corrected chi connectivity index (χ4v) is 3.59. The maximum absolute atomic E-state index is 12.1. The van der Waals surface area contributed by atoms with Gasteiger partial charge in [0.15, 0.2) is 0 Å². The number of hydrogen-bond donors (Lipinski definition) is 1. The minimum Gasteiger partial charge on any atom is -0.355 e. The van der Waals surface area contributed by atoms with E-state index in [0.29, 0.717) is 12.3 Å². The van der Waals surface area contributed by atoms with Crippen LogP contribution in [0.2, 0.25) is 0 Å². The van der Waals surface area contributed by atoms with Gasteiger partial charge >= 0.3 is 0 Å². The Labute approximate surface area is 140 Å². The fraction of sp³-hybridized carbons (Fsp3) is 0.316. The zero-order valence-corrected chi connectivity index (χ0v) is 14.5. The number of rotatable bonds is 7. The van der Waals surface area contributed by atoms with Crippen LogP contribution in [0.3, 0.4) is 0 Å². The molecule has 0 spiro atoms. The van der Waals surface area contributed by atoms with E-state index in [1.165, 1.54) is 11.1 Å². The summed E-state index contributed by atoms with van der Waals surface area (Å²) < 4.78 is 12.1. The van der Waals surface area contributed by atoms with Gasteiger partial charge in [0.25, 0.3) is 0 Å². The molecular weight excluding hydrogens is 306 g/mol. The molecule has 23 heavy (non-hydrogen) atoms. The summed E-state index contributed by atoms with van der Waals surface area (Å²) >= 11 is 0. The molecule has 2 aromatic rings. The lowest BCUT2D eigenvalue weighted by Gasteiger charge is -2.08. The van der Waals surface area contributed by atoms with Crippen LogP contribution in [0.5, 0.6) is 0 Å². The maximum Gasteiger partial charge on any atom is 0.232 e. The average molecular weight is 329 g/mol. The standard InChI is InChI=1S/C19H23NO2S/c1-15-7-3-5-9-17(15)11-12-20-19(21)14-23(22)13-18-10-6-4-8-16(18)2/h3-10H,11-14H2,1-2H3,(H,20,21). The molecule has 122 valence electrons. The Kier molecular flexibility index (Phi) is 6.53. The minimum absolute atomic E-state index is 0.0576. The second-order valence-electron chi connectivity index (χ2n) is 5.68. The molecule has 2 aromatic carbocycles. The van der Waals surface area contributed by atoms with Crippen LogP contribution < -0.4 is 5.32 Å². The van der Waals surface area contributed by atoms with Gasteiger partial charge in [-0.05, 0) is 42.5 Å². The highest BCUT2D eigenvalue weighted by molar-refractivity contribution is 7.84. The fourth-order valence-electron chi connectivity index (χ4n) is 2.42. The number of benzene rings is 2. The van der Waals surface area contributed by atoms with Crippen molar-refractivity contribution in [3.63, 3.8) is 0 Å². The Morgan fingerprint density at radius 3 is 2.13 bits per heavy atom. The molecule has 0 saturated carbocycles. The van der Waals surface area contributed by atoms with Crippen molar-refractivity contribution in [3.8, 4) is 0 Å². The van der Waals surface area contributed by atoms with E-state index in [-0.39, 0.29) is 11.7 Å². The molecule has 4 heteroatoms. The molecular formula is C19H23NO2S. The molecule has 1 amide bonds. The largest absolute Gasteiger partial charge is 0.355 e. The molecule has 0 radical (unpaired) electrons. The van der Waals surface area contributed by atoms with Crippen molar-refractivity contribution in [1.29, 1.82) is 0 Å². The van der Waals surface area contributed by atoms with Crippen molar-refractivity contribution in [2.24, 2.45) is 0 Å². The summed E-state index contributed by atoms with van der Waals surface area (Å²) in [4.78, 5) is 11.9. The highest BCUT2D eigenvalue weighted by Crippen LogP contribution is 2.10. The van der Waals surface area contributed by atoms with Crippen molar-refractivity contribution in [2.45, 2.75) is 26.0 Å². The molecule has 2 rings (SSSR count). The van der Waals surface area contributed by atoms with Crippen molar-refractivity contribution >= 4 is 16.7 Å². The van der Waals surface area contributed by atoms with Crippen molar-refractivity contribution in [1.82, 2.24) is 5.32 Å². The first-order chi connectivity index (χ1) is 11.1. The molecule has 0 aliphatic rings. The van der Waals surface area contributed by atoms with Crippen LogP contribution in [0, 0.1) is 13.8 Å². The van der Waals surface area contributed by atoms with E-state index in [0.717, 1.165) is 17.5 Å². The monoisotopic (exact) mass is 329 g/mol. The molecule has 0 saturated heterocycles. The number of nitrogens with one attached hydrogen (secondary N) is 1. The van der Waals surface area contributed by atoms with Crippen LogP contribution in [-0.4, -0.2) is 22.4 Å². The van der Waals surface area contributed by atoms with E-state index < -0.39 is 10.8 Å². The quantitative estimate of drug-likeness (QED) is 0.849. The SMILES string of the molecule is Cc1ccccc1CCNC(=O)CS(=O)Cc1ccccc1C. The number of amides is 1. The van der Waals surface area contributed by atoms with Crippen LogP contribution in [0.15, 0.2) is 48.5 Å². The molecule has 1 N–H and O–H groups in total. The lowest BCUT2D eigenvalue weighted by atomic mass is 10.1. The second-order valence-corrected chi connectivity index (χ2v) is 7.14. The third-order valence-electron chi connectivity index (χ3n) is 3.85. The van der Waals surface area contributed by atoms with Gasteiger partial charge in [-0.15, -0.1) is 0 Å². The highest BCUT2D eigenvalue weighted by Gasteiger charge is 2.09. The summed E-state index contributed by atoms with van der Waals surface area (Å²) in [6.45, 7) is 4.63. The predicted octanol–water partition coefficient (Wildman–Crippen LogP) is 2.91. The summed E-state index contributed by atoms with van der Waals surface area (Å²) in [6, 6.07) is 16.0. The van der Waals surface area contributed by atoms with E-state index in [2.05, 4.69) is 24.4 Å². The summed E-state index contributed by atoms with van der Waals surface area (Å²) in [7, 11) is -1.18. The Morgan fingerprint density at radius 2 is 1.52 bits per heavy atom. The van der Waals surface area contributed by atoms with E-state index >= 15 is 0 Å². The van der Waals surface area contributed by atoms with Gasteiger partial charge < -0.3 is 5.32 Å². The highest BCUT2D eigenvalue weighted by atomic mass is 32.2.